The van der Waals surface area contributed by atoms with E-state index in [-0.39, 0.29) is 12.5 Å². The van der Waals surface area contributed by atoms with Gasteiger partial charge in [-0.3, -0.25) is 4.79 Å². The van der Waals surface area contributed by atoms with Crippen LogP contribution in [-0.4, -0.2) is 140 Å². The van der Waals surface area contributed by atoms with Crippen LogP contribution < -0.4 is 5.32 Å². The zero-order chi connectivity index (χ0) is 47.5. The first-order chi connectivity index (χ1) is 31.6. The first-order valence-corrected chi connectivity index (χ1v) is 26.4. The molecule has 2 fully saturated rings. The summed E-state index contributed by atoms with van der Waals surface area (Å²) in [6, 6.07) is -0.824. The second-order valence-corrected chi connectivity index (χ2v) is 19.0. The van der Waals surface area contributed by atoms with Crippen LogP contribution in [0.1, 0.15) is 213 Å². The molecule has 0 bridgehead atoms. The number of rotatable bonds is 41. The maximum atomic E-state index is 13.2. The van der Waals surface area contributed by atoms with Crippen molar-refractivity contribution in [3.63, 3.8) is 0 Å². The third kappa shape index (κ3) is 25.8. The highest BCUT2D eigenvalue weighted by Crippen LogP contribution is 2.30. The molecule has 65 heavy (non-hydrogen) atoms. The normalized spacial score (nSPS) is 27.0. The third-order valence-electron chi connectivity index (χ3n) is 13.2. The summed E-state index contributed by atoms with van der Waals surface area (Å²) in [7, 11) is 0. The average molecular weight is 932 g/mol. The van der Waals surface area contributed by atoms with Crippen molar-refractivity contribution in [3.8, 4) is 0 Å². The molecule has 2 rings (SSSR count). The molecule has 0 saturated carbocycles. The standard InChI is InChI=1S/C51H97NO13/c1-3-5-7-9-11-13-15-16-17-18-19-20-21-22-23-24-25-27-29-31-33-35-43(56)52-39(40(55)34-32-30-28-26-14-12-10-8-6-4-2)38-62-50-48(61)46(59)49(42(37-54)64-50)65-51-47(60)45(58)44(57)41(36-53)63-51/h18-19,39-42,44-51,53-55,57-61H,3-17,20-38H2,1-2H3,(H,52,56)/b19-18-. The molecular formula is C51H97NO13. The quantitative estimate of drug-likeness (QED) is 0.0219. The molecule has 384 valence electrons. The van der Waals surface area contributed by atoms with E-state index < -0.39 is 86.8 Å². The fourth-order valence-corrected chi connectivity index (χ4v) is 8.88. The number of nitrogens with one attached hydrogen (secondary N) is 1. The molecule has 0 spiro atoms. The van der Waals surface area contributed by atoms with Gasteiger partial charge in [-0.15, -0.1) is 0 Å². The fraction of sp³-hybridized carbons (Fsp3) is 0.941. The molecule has 9 N–H and O–H groups in total. The summed E-state index contributed by atoms with van der Waals surface area (Å²) in [6.45, 7) is 2.84. The first kappa shape index (κ1) is 59.9. The maximum Gasteiger partial charge on any atom is 0.220 e. The Hall–Kier alpha value is -1.27. The third-order valence-corrected chi connectivity index (χ3v) is 13.2. The Bertz CT molecular complexity index is 1150. The molecule has 2 aliphatic heterocycles. The van der Waals surface area contributed by atoms with Gasteiger partial charge in [-0.25, -0.2) is 0 Å². The SMILES string of the molecule is CCCCCCCCCC/C=C\CCCCCCCCCCCC(=O)NC(COC1OC(CO)C(OC2OC(CO)C(O)C(O)C2O)C(O)C1O)C(O)CCCCCCCCCCCC. The number of aliphatic hydroxyl groups is 8. The predicted octanol–water partition coefficient (Wildman–Crippen LogP) is 7.16. The molecular weight excluding hydrogens is 835 g/mol. The molecule has 12 atom stereocenters. The number of aliphatic hydroxyl groups excluding tert-OH is 8. The van der Waals surface area contributed by atoms with Gasteiger partial charge in [-0.05, 0) is 38.5 Å². The van der Waals surface area contributed by atoms with Crippen molar-refractivity contribution in [2.24, 2.45) is 0 Å². The number of carbonyl (C=O) groups excluding carboxylic acids is 1. The van der Waals surface area contributed by atoms with Crippen LogP contribution in [0.5, 0.6) is 0 Å². The lowest BCUT2D eigenvalue weighted by Gasteiger charge is -2.46. The Labute approximate surface area is 393 Å². The topological polar surface area (TPSA) is 228 Å². The van der Waals surface area contributed by atoms with Crippen molar-refractivity contribution < 1.29 is 64.6 Å². The summed E-state index contributed by atoms with van der Waals surface area (Å²) >= 11 is 0. The van der Waals surface area contributed by atoms with Gasteiger partial charge in [0.2, 0.25) is 5.91 Å². The van der Waals surface area contributed by atoms with E-state index in [9.17, 15) is 45.6 Å². The molecule has 2 heterocycles. The summed E-state index contributed by atoms with van der Waals surface area (Å²) in [5, 5.41) is 86.8. The second kappa shape index (κ2) is 38.6. The van der Waals surface area contributed by atoms with Crippen molar-refractivity contribution >= 4 is 5.91 Å². The molecule has 12 unspecified atom stereocenters. The van der Waals surface area contributed by atoms with Gasteiger partial charge >= 0.3 is 0 Å². The van der Waals surface area contributed by atoms with Crippen molar-refractivity contribution in [3.05, 3.63) is 12.2 Å². The highest BCUT2D eigenvalue weighted by Gasteiger charge is 2.51. The van der Waals surface area contributed by atoms with Crippen molar-refractivity contribution in [2.75, 3.05) is 19.8 Å². The van der Waals surface area contributed by atoms with E-state index in [4.69, 9.17) is 18.9 Å². The van der Waals surface area contributed by atoms with Gasteiger partial charge in [0.1, 0.15) is 48.8 Å². The Morgan fingerprint density at radius 3 is 1.46 bits per heavy atom. The Kier molecular flexibility index (Phi) is 35.5. The van der Waals surface area contributed by atoms with E-state index in [1.807, 2.05) is 0 Å². The van der Waals surface area contributed by atoms with Crippen LogP contribution in [-0.2, 0) is 23.7 Å². The minimum atomic E-state index is -1.78. The molecule has 1 amide bonds. The predicted molar refractivity (Wildman–Crippen MR) is 254 cm³/mol. The van der Waals surface area contributed by atoms with Crippen molar-refractivity contribution in [1.29, 1.82) is 0 Å². The number of allylic oxidation sites excluding steroid dienone is 2. The van der Waals surface area contributed by atoms with Crippen LogP contribution in [0.15, 0.2) is 12.2 Å². The lowest BCUT2D eigenvalue weighted by molar-refractivity contribution is -0.359. The van der Waals surface area contributed by atoms with E-state index >= 15 is 0 Å². The highest BCUT2D eigenvalue weighted by molar-refractivity contribution is 5.76. The van der Waals surface area contributed by atoms with Gasteiger partial charge in [0.15, 0.2) is 12.6 Å². The monoisotopic (exact) mass is 932 g/mol. The van der Waals surface area contributed by atoms with E-state index in [1.165, 1.54) is 135 Å². The number of amides is 1. The molecule has 14 nitrogen and oxygen atoms in total. The summed E-state index contributed by atoms with van der Waals surface area (Å²) < 4.78 is 22.7. The zero-order valence-corrected chi connectivity index (χ0v) is 40.7. The molecule has 2 saturated heterocycles. The summed E-state index contributed by atoms with van der Waals surface area (Å²) in [6.07, 6.45) is 23.7. The van der Waals surface area contributed by atoms with Gasteiger partial charge in [0, 0.05) is 6.42 Å². The largest absolute Gasteiger partial charge is 0.394 e. The molecule has 0 aromatic carbocycles. The Balaban J connectivity index is 1.76. The second-order valence-electron chi connectivity index (χ2n) is 19.0. The molecule has 0 aromatic heterocycles. The van der Waals surface area contributed by atoms with Crippen LogP contribution in [0.4, 0.5) is 0 Å². The van der Waals surface area contributed by atoms with E-state index in [1.54, 1.807) is 0 Å². The molecule has 0 radical (unpaired) electrons. The zero-order valence-electron chi connectivity index (χ0n) is 40.7. The van der Waals surface area contributed by atoms with Gasteiger partial charge in [-0.2, -0.15) is 0 Å². The summed E-state index contributed by atoms with van der Waals surface area (Å²) in [4.78, 5) is 13.2. The minimum Gasteiger partial charge on any atom is -0.394 e. The van der Waals surface area contributed by atoms with Crippen LogP contribution in [0.25, 0.3) is 0 Å². The lowest BCUT2D eigenvalue weighted by atomic mass is 9.97. The summed E-state index contributed by atoms with van der Waals surface area (Å²) in [5.74, 6) is -0.209. The smallest absolute Gasteiger partial charge is 0.220 e. The van der Waals surface area contributed by atoms with Gasteiger partial charge < -0.3 is 65.1 Å². The van der Waals surface area contributed by atoms with Gasteiger partial charge in [0.25, 0.3) is 0 Å². The van der Waals surface area contributed by atoms with E-state index in [0.717, 1.165) is 51.4 Å². The van der Waals surface area contributed by atoms with Crippen molar-refractivity contribution in [1.82, 2.24) is 5.32 Å². The van der Waals surface area contributed by atoms with Crippen LogP contribution in [0.3, 0.4) is 0 Å². The number of carbonyl (C=O) groups is 1. The fourth-order valence-electron chi connectivity index (χ4n) is 8.88. The number of hydrogen-bond acceptors (Lipinski definition) is 13. The Morgan fingerprint density at radius 1 is 0.538 bits per heavy atom. The van der Waals surface area contributed by atoms with Gasteiger partial charge in [0.05, 0.1) is 32.0 Å². The molecule has 2 aliphatic rings. The van der Waals surface area contributed by atoms with E-state index in [2.05, 4.69) is 31.3 Å². The van der Waals surface area contributed by atoms with Crippen LogP contribution in [0.2, 0.25) is 0 Å². The van der Waals surface area contributed by atoms with E-state index in [0.29, 0.717) is 12.8 Å². The van der Waals surface area contributed by atoms with Gasteiger partial charge in [-0.1, -0.05) is 180 Å². The van der Waals surface area contributed by atoms with Crippen LogP contribution in [0, 0.1) is 0 Å². The van der Waals surface area contributed by atoms with Crippen molar-refractivity contribution in [2.45, 2.75) is 286 Å². The molecule has 0 aliphatic carbocycles. The summed E-state index contributed by atoms with van der Waals surface area (Å²) in [5.41, 5.74) is 0. The Morgan fingerprint density at radius 2 is 0.969 bits per heavy atom. The average Bonchev–Trinajstić information content (AvgIpc) is 3.30. The number of ether oxygens (including phenoxy) is 4. The van der Waals surface area contributed by atoms with Crippen LogP contribution >= 0.6 is 0 Å². The minimum absolute atomic E-state index is 0.209. The molecule has 14 heteroatoms. The lowest BCUT2D eigenvalue weighted by Crippen LogP contribution is -2.65. The number of unbranched alkanes of at least 4 members (excludes halogenated alkanes) is 26. The first-order valence-electron chi connectivity index (χ1n) is 26.4. The highest BCUT2D eigenvalue weighted by atomic mass is 16.7. The molecule has 0 aromatic rings. The number of hydrogen-bond donors (Lipinski definition) is 9. The maximum absolute atomic E-state index is 13.2.